The molecular formula is C9H19FS. The third-order valence-corrected chi connectivity index (χ3v) is 3.04. The zero-order valence-electron chi connectivity index (χ0n) is 7.98. The maximum Gasteiger partial charge on any atom is 0.0508 e. The first-order valence-corrected chi connectivity index (χ1v) is 5.09. The summed E-state index contributed by atoms with van der Waals surface area (Å²) in [6, 6.07) is 0. The minimum atomic E-state index is -0.190. The van der Waals surface area contributed by atoms with Crippen LogP contribution in [0.15, 0.2) is 0 Å². The third kappa shape index (κ3) is 3.46. The Morgan fingerprint density at radius 1 is 1.36 bits per heavy atom. The molecule has 0 aliphatic heterocycles. The Morgan fingerprint density at radius 3 is 2.18 bits per heavy atom. The minimum Gasteiger partial charge on any atom is -0.165 e. The second-order valence-corrected chi connectivity index (χ2v) is 4.78. The fraction of sp³-hybridized carbons (Fsp3) is 1.00. The Labute approximate surface area is 74.2 Å². The molecule has 0 aromatic rings. The lowest BCUT2D eigenvalue weighted by atomic mass is 9.88. The van der Waals surface area contributed by atoms with Gasteiger partial charge in [-0.1, -0.05) is 26.7 Å². The molecule has 0 aromatic heterocycles. The van der Waals surface area contributed by atoms with E-state index in [1.54, 1.807) is 0 Å². The van der Waals surface area contributed by atoms with Crippen LogP contribution in [0.4, 0.5) is 3.89 Å². The summed E-state index contributed by atoms with van der Waals surface area (Å²) in [6.45, 7) is 8.27. The SMILES string of the molecule is CCCC(CC)C(C)(C)SF. The van der Waals surface area contributed by atoms with Crippen LogP contribution in [0.3, 0.4) is 0 Å². The molecule has 68 valence electrons. The molecular weight excluding hydrogens is 159 g/mol. The van der Waals surface area contributed by atoms with Crippen molar-refractivity contribution in [3.8, 4) is 0 Å². The summed E-state index contributed by atoms with van der Waals surface area (Å²) < 4.78 is 12.3. The first kappa shape index (κ1) is 11.3. The van der Waals surface area contributed by atoms with Crippen molar-refractivity contribution in [2.24, 2.45) is 5.92 Å². The van der Waals surface area contributed by atoms with Gasteiger partial charge in [-0.3, -0.25) is 0 Å². The van der Waals surface area contributed by atoms with Gasteiger partial charge < -0.3 is 0 Å². The van der Waals surface area contributed by atoms with Crippen molar-refractivity contribution in [1.29, 1.82) is 0 Å². The molecule has 0 N–H and O–H groups in total. The van der Waals surface area contributed by atoms with E-state index in [1.165, 1.54) is 0 Å². The van der Waals surface area contributed by atoms with Crippen molar-refractivity contribution < 1.29 is 3.89 Å². The van der Waals surface area contributed by atoms with E-state index in [1.807, 2.05) is 13.8 Å². The van der Waals surface area contributed by atoms with Gasteiger partial charge in [0, 0.05) is 4.75 Å². The molecule has 0 aromatic carbocycles. The quantitative estimate of drug-likeness (QED) is 0.607. The van der Waals surface area contributed by atoms with E-state index in [0.29, 0.717) is 18.1 Å². The predicted octanol–water partition coefficient (Wildman–Crippen LogP) is 4.21. The van der Waals surface area contributed by atoms with Crippen LogP contribution < -0.4 is 0 Å². The van der Waals surface area contributed by atoms with Gasteiger partial charge in [-0.25, -0.2) is 0 Å². The first-order valence-electron chi connectivity index (χ1n) is 4.38. The summed E-state index contributed by atoms with van der Waals surface area (Å²) in [5.74, 6) is 0.516. The number of hydrogen-bond donors (Lipinski definition) is 0. The van der Waals surface area contributed by atoms with Gasteiger partial charge in [-0.15, -0.1) is 0 Å². The maximum absolute atomic E-state index is 12.4. The lowest BCUT2D eigenvalue weighted by Crippen LogP contribution is -2.25. The van der Waals surface area contributed by atoms with E-state index in [4.69, 9.17) is 0 Å². The van der Waals surface area contributed by atoms with Crippen molar-refractivity contribution in [2.45, 2.75) is 51.7 Å². The van der Waals surface area contributed by atoms with Gasteiger partial charge in [-0.05, 0) is 26.2 Å². The molecule has 0 nitrogen and oxygen atoms in total. The molecule has 0 radical (unpaired) electrons. The molecule has 2 heteroatoms. The average Bonchev–Trinajstić information content (AvgIpc) is 2.00. The van der Waals surface area contributed by atoms with Crippen molar-refractivity contribution in [2.75, 3.05) is 0 Å². The van der Waals surface area contributed by atoms with Crippen LogP contribution in [-0.4, -0.2) is 4.75 Å². The molecule has 0 aliphatic carbocycles. The summed E-state index contributed by atoms with van der Waals surface area (Å²) in [7, 11) is 0. The number of hydrogen-bond acceptors (Lipinski definition) is 1. The fourth-order valence-corrected chi connectivity index (χ4v) is 1.87. The van der Waals surface area contributed by atoms with Gasteiger partial charge in [-0.2, -0.15) is 3.89 Å². The third-order valence-electron chi connectivity index (χ3n) is 2.31. The largest absolute Gasteiger partial charge is 0.165 e. The number of rotatable bonds is 5. The van der Waals surface area contributed by atoms with Gasteiger partial charge in [0.2, 0.25) is 0 Å². The van der Waals surface area contributed by atoms with Crippen LogP contribution in [0.5, 0.6) is 0 Å². The molecule has 0 amide bonds. The normalized spacial score (nSPS) is 15.0. The molecule has 0 aliphatic rings. The molecule has 11 heavy (non-hydrogen) atoms. The lowest BCUT2D eigenvalue weighted by molar-refractivity contribution is 0.375. The zero-order chi connectivity index (χ0) is 8.91. The summed E-state index contributed by atoms with van der Waals surface area (Å²) >= 11 is 0.500. The van der Waals surface area contributed by atoms with Gasteiger partial charge in [0.15, 0.2) is 0 Å². The fourth-order valence-electron chi connectivity index (χ4n) is 1.45. The molecule has 0 saturated carbocycles. The number of halogens is 1. The monoisotopic (exact) mass is 178 g/mol. The van der Waals surface area contributed by atoms with Gasteiger partial charge >= 0.3 is 0 Å². The molecule has 0 rings (SSSR count). The van der Waals surface area contributed by atoms with E-state index in [0.717, 1.165) is 19.3 Å². The maximum atomic E-state index is 12.4. The Balaban J connectivity index is 3.99. The summed E-state index contributed by atoms with van der Waals surface area (Å²) in [5.41, 5.74) is 0. The topological polar surface area (TPSA) is 0 Å². The standard InChI is InChI=1S/C9H19FS/c1-5-7-8(6-2)9(3,4)11-10/h8H,5-7H2,1-4H3. The van der Waals surface area contributed by atoms with Crippen molar-refractivity contribution in [3.05, 3.63) is 0 Å². The van der Waals surface area contributed by atoms with Gasteiger partial charge in [0.1, 0.15) is 0 Å². The highest BCUT2D eigenvalue weighted by Crippen LogP contribution is 2.37. The molecule has 0 spiro atoms. The predicted molar refractivity (Wildman–Crippen MR) is 51.5 cm³/mol. The average molecular weight is 178 g/mol. The van der Waals surface area contributed by atoms with Crippen molar-refractivity contribution in [1.82, 2.24) is 0 Å². The molecule has 0 saturated heterocycles. The van der Waals surface area contributed by atoms with Crippen LogP contribution >= 0.6 is 12.1 Å². The second kappa shape index (κ2) is 5.02. The Hall–Kier alpha value is 0.280. The molecule has 1 unspecified atom stereocenters. The summed E-state index contributed by atoms with van der Waals surface area (Å²) in [4.78, 5) is 0. The Morgan fingerprint density at radius 2 is 1.91 bits per heavy atom. The van der Waals surface area contributed by atoms with Crippen molar-refractivity contribution >= 4 is 12.1 Å². The van der Waals surface area contributed by atoms with Crippen LogP contribution in [0.25, 0.3) is 0 Å². The highest BCUT2D eigenvalue weighted by molar-refractivity contribution is 7.95. The smallest absolute Gasteiger partial charge is 0.0508 e. The second-order valence-electron chi connectivity index (χ2n) is 3.57. The van der Waals surface area contributed by atoms with Crippen LogP contribution in [0.1, 0.15) is 47.0 Å². The van der Waals surface area contributed by atoms with Crippen LogP contribution in [0, 0.1) is 5.92 Å². The lowest BCUT2D eigenvalue weighted by Gasteiger charge is -2.29. The molecule has 1 atom stereocenters. The van der Waals surface area contributed by atoms with Crippen LogP contribution in [0.2, 0.25) is 0 Å². The van der Waals surface area contributed by atoms with E-state index in [9.17, 15) is 3.89 Å². The molecule has 0 bridgehead atoms. The molecule has 0 fully saturated rings. The summed E-state index contributed by atoms with van der Waals surface area (Å²) in [6.07, 6.45) is 3.38. The highest BCUT2D eigenvalue weighted by Gasteiger charge is 2.28. The van der Waals surface area contributed by atoms with Gasteiger partial charge in [0.25, 0.3) is 0 Å². The zero-order valence-corrected chi connectivity index (χ0v) is 8.80. The summed E-state index contributed by atoms with van der Waals surface area (Å²) in [5, 5.41) is 0. The Bertz CT molecular complexity index is 102. The van der Waals surface area contributed by atoms with Crippen molar-refractivity contribution in [3.63, 3.8) is 0 Å². The highest BCUT2D eigenvalue weighted by atomic mass is 32.2. The molecule has 0 heterocycles. The van der Waals surface area contributed by atoms with Gasteiger partial charge in [0.05, 0.1) is 12.1 Å². The van der Waals surface area contributed by atoms with Crippen LogP contribution in [-0.2, 0) is 0 Å². The minimum absolute atomic E-state index is 0.190. The van der Waals surface area contributed by atoms with E-state index in [-0.39, 0.29) is 4.75 Å². The van der Waals surface area contributed by atoms with E-state index in [2.05, 4.69) is 13.8 Å². The Kier molecular flexibility index (Phi) is 5.15. The first-order chi connectivity index (χ1) is 5.08. The van der Waals surface area contributed by atoms with E-state index < -0.39 is 0 Å². The van der Waals surface area contributed by atoms with E-state index >= 15 is 0 Å².